The van der Waals surface area contributed by atoms with Crippen molar-refractivity contribution in [1.29, 1.82) is 0 Å². The van der Waals surface area contributed by atoms with Gasteiger partial charge in [-0.2, -0.15) is 9.14 Å². The lowest BCUT2D eigenvalue weighted by molar-refractivity contribution is -0.673. The Bertz CT molecular complexity index is 2760. The molecule has 2 aliphatic carbocycles. The maximum Gasteiger partial charge on any atom is 0.335 e. The van der Waals surface area contributed by atoms with Gasteiger partial charge in [-0.1, -0.05) is 70.3 Å². The molecule has 9 heteroatoms. The van der Waals surface area contributed by atoms with E-state index in [0.717, 1.165) is 82.7 Å². The summed E-state index contributed by atoms with van der Waals surface area (Å²) >= 11 is 0. The van der Waals surface area contributed by atoms with Gasteiger partial charge in [0.2, 0.25) is 16.9 Å². The Kier molecular flexibility index (Phi) is 10.1. The first-order valence-corrected chi connectivity index (χ1v) is 21.1. The highest BCUT2D eigenvalue weighted by atomic mass is 16.4. The van der Waals surface area contributed by atoms with Crippen LogP contribution in [0.15, 0.2) is 119 Å². The third kappa shape index (κ3) is 6.25. The summed E-state index contributed by atoms with van der Waals surface area (Å²) in [6.45, 7) is 16.3. The van der Waals surface area contributed by atoms with E-state index >= 15 is 0 Å². The molecule has 60 heavy (non-hydrogen) atoms. The van der Waals surface area contributed by atoms with Crippen LogP contribution in [0.1, 0.15) is 107 Å². The number of aromatic carboxylic acids is 1. The van der Waals surface area contributed by atoms with E-state index < -0.39 is 16.8 Å². The molecule has 0 saturated carbocycles. The molecule has 0 atom stereocenters. The highest BCUT2D eigenvalue weighted by Crippen LogP contribution is 2.51. The second-order valence-corrected chi connectivity index (χ2v) is 17.2. The SMILES string of the molecule is CCCCN1/C(=C/C2=C([O-])C(=C/c3ccc4ccccc4[n+]3CCCC)/C2=O)C(C)(C)c2cc(C3=C([O-])/C(=C/C4=[N+](CC)c5ccc(C(=O)O)cc5C4(C)C)C3=O)ccc21. The number of allylic oxidation sites excluding steroid dienone is 7. The number of anilines is 1. The van der Waals surface area contributed by atoms with Gasteiger partial charge in [0.25, 0.3) is 0 Å². The summed E-state index contributed by atoms with van der Waals surface area (Å²) in [6.07, 6.45) is 8.97. The highest BCUT2D eigenvalue weighted by molar-refractivity contribution is 6.40. The number of ketones is 2. The Labute approximate surface area is 351 Å². The fraction of sp³-hybridized carbons (Fsp3) is 0.314. The smallest absolute Gasteiger partial charge is 0.335 e. The van der Waals surface area contributed by atoms with E-state index in [9.17, 15) is 29.7 Å². The number of carbonyl (C=O) groups is 3. The Balaban J connectivity index is 1.14. The van der Waals surface area contributed by atoms with Gasteiger partial charge < -0.3 is 20.2 Å². The molecule has 4 aromatic rings. The molecule has 0 fully saturated rings. The minimum absolute atomic E-state index is 0.101. The summed E-state index contributed by atoms with van der Waals surface area (Å²) in [5.74, 6) is -2.24. The van der Waals surface area contributed by atoms with Gasteiger partial charge in [-0.3, -0.25) is 9.59 Å². The van der Waals surface area contributed by atoms with Crippen molar-refractivity contribution < 1.29 is 38.8 Å². The van der Waals surface area contributed by atoms with Crippen molar-refractivity contribution in [3.63, 3.8) is 0 Å². The van der Waals surface area contributed by atoms with Crippen LogP contribution in [-0.2, 0) is 27.0 Å². The molecule has 3 aromatic carbocycles. The molecular formula is C51H51N3O6. The van der Waals surface area contributed by atoms with Gasteiger partial charge in [-0.25, -0.2) is 4.79 Å². The topological polar surface area (TPSA) is 128 Å². The summed E-state index contributed by atoms with van der Waals surface area (Å²) in [6, 6.07) is 22.8. The first kappa shape index (κ1) is 40.4. The third-order valence-corrected chi connectivity index (χ3v) is 12.9. The molecule has 0 radical (unpaired) electrons. The molecule has 2 aliphatic heterocycles. The predicted molar refractivity (Wildman–Crippen MR) is 231 cm³/mol. The third-order valence-electron chi connectivity index (χ3n) is 12.9. The van der Waals surface area contributed by atoms with Crippen molar-refractivity contribution in [2.75, 3.05) is 18.0 Å². The van der Waals surface area contributed by atoms with E-state index in [1.807, 2.05) is 67.8 Å². The fourth-order valence-corrected chi connectivity index (χ4v) is 9.35. The molecule has 1 N–H and O–H groups in total. The van der Waals surface area contributed by atoms with Gasteiger partial charge in [0.1, 0.15) is 13.1 Å². The van der Waals surface area contributed by atoms with Gasteiger partial charge in [-0.05, 0) is 80.8 Å². The Morgan fingerprint density at radius 3 is 2.20 bits per heavy atom. The number of rotatable bonds is 12. The molecular weight excluding hydrogens is 751 g/mol. The van der Waals surface area contributed by atoms with Crippen LogP contribution in [0.4, 0.5) is 11.4 Å². The minimum Gasteiger partial charge on any atom is -0.871 e. The van der Waals surface area contributed by atoms with Crippen molar-refractivity contribution in [3.8, 4) is 0 Å². The molecule has 0 saturated heterocycles. The number of benzene rings is 3. The summed E-state index contributed by atoms with van der Waals surface area (Å²) < 4.78 is 4.22. The lowest BCUT2D eigenvalue weighted by atomic mass is 9.76. The Hall–Kier alpha value is -6.35. The van der Waals surface area contributed by atoms with Crippen molar-refractivity contribution in [2.45, 2.75) is 91.5 Å². The van der Waals surface area contributed by atoms with Crippen molar-refractivity contribution in [2.24, 2.45) is 0 Å². The quantitative estimate of drug-likeness (QED) is 0.117. The maximum atomic E-state index is 13.9. The van der Waals surface area contributed by atoms with Crippen molar-refractivity contribution in [1.82, 2.24) is 0 Å². The molecule has 306 valence electrons. The number of nitrogens with zero attached hydrogens (tertiary/aromatic N) is 3. The van der Waals surface area contributed by atoms with E-state index in [2.05, 4.69) is 49.3 Å². The van der Waals surface area contributed by atoms with Crippen LogP contribution in [0.3, 0.4) is 0 Å². The number of para-hydroxylation sites is 1. The molecule has 4 aliphatic rings. The average Bonchev–Trinajstić information content (AvgIpc) is 3.58. The van der Waals surface area contributed by atoms with Gasteiger partial charge in [0.05, 0.1) is 11.0 Å². The number of pyridine rings is 1. The molecule has 0 amide bonds. The number of carbonyl (C=O) groups excluding carboxylic acids is 2. The van der Waals surface area contributed by atoms with Crippen LogP contribution < -0.4 is 19.7 Å². The van der Waals surface area contributed by atoms with Crippen molar-refractivity contribution >= 4 is 57.2 Å². The van der Waals surface area contributed by atoms with Crippen LogP contribution in [0.2, 0.25) is 0 Å². The standard InChI is InChI=1S/C51H51N3O6/c1-8-11-23-53-33(20-17-30-15-13-14-16-39(30)53)27-34-45(55)35(46(34)56)28-43-51(6,7)37-25-31(18-21-41(37)54(43)24-12-9-2)44-47(57)36(48(44)58)29-42-50(4,5)38-26-32(49(59)60)19-22-40(38)52(42)10-3/h13-22,25-29H,8-12,23-24H2,1-7H3,(H-2,55,56,57,58,59,60). The van der Waals surface area contributed by atoms with Gasteiger partial charge in [0, 0.05) is 93.4 Å². The largest absolute Gasteiger partial charge is 0.871 e. The van der Waals surface area contributed by atoms with Gasteiger partial charge in [-0.15, -0.1) is 0 Å². The normalized spacial score (nSPS) is 19.9. The number of carboxylic acid groups (broad SMARTS) is 1. The van der Waals surface area contributed by atoms with Crippen LogP contribution >= 0.6 is 0 Å². The zero-order valence-corrected chi connectivity index (χ0v) is 35.4. The Morgan fingerprint density at radius 1 is 0.783 bits per heavy atom. The van der Waals surface area contributed by atoms with E-state index in [-0.39, 0.29) is 50.9 Å². The molecule has 0 bridgehead atoms. The van der Waals surface area contributed by atoms with Crippen LogP contribution in [0, 0.1) is 0 Å². The zero-order valence-electron chi connectivity index (χ0n) is 35.4. The molecule has 8 rings (SSSR count). The van der Waals surface area contributed by atoms with E-state index in [0.29, 0.717) is 18.7 Å². The second-order valence-electron chi connectivity index (χ2n) is 17.2. The number of unbranched alkanes of at least 4 members (excludes halogenated alkanes) is 2. The first-order chi connectivity index (χ1) is 28.6. The molecule has 0 unspecified atom stereocenters. The highest BCUT2D eigenvalue weighted by Gasteiger charge is 2.46. The monoisotopic (exact) mass is 801 g/mol. The number of carboxylic acids is 1. The van der Waals surface area contributed by atoms with E-state index in [1.54, 1.807) is 36.4 Å². The van der Waals surface area contributed by atoms with Crippen LogP contribution in [-0.4, -0.2) is 46.0 Å². The number of Topliss-reactive ketones (excluding diaryl/α,β-unsaturated/α-hetero) is 2. The maximum absolute atomic E-state index is 13.9. The summed E-state index contributed by atoms with van der Waals surface area (Å²) in [5.41, 5.74) is 6.94. The second kappa shape index (κ2) is 15.0. The molecule has 9 nitrogen and oxygen atoms in total. The molecule has 1 aromatic heterocycles. The number of hydrogen-bond donors (Lipinski definition) is 1. The average molecular weight is 802 g/mol. The first-order valence-electron chi connectivity index (χ1n) is 21.1. The van der Waals surface area contributed by atoms with Crippen LogP contribution in [0.25, 0.3) is 22.6 Å². The fourth-order valence-electron chi connectivity index (χ4n) is 9.35. The molecule has 0 spiro atoms. The summed E-state index contributed by atoms with van der Waals surface area (Å²) in [7, 11) is 0. The lowest BCUT2D eigenvalue weighted by Gasteiger charge is -2.32. The lowest BCUT2D eigenvalue weighted by Crippen LogP contribution is -2.39. The predicted octanol–water partition coefficient (Wildman–Crippen LogP) is 7.36. The number of aryl methyl sites for hydroxylation is 1. The zero-order chi connectivity index (χ0) is 42.8. The number of fused-ring (bicyclic) bond motifs is 3. The number of hydrogen-bond acceptors (Lipinski definition) is 6. The van der Waals surface area contributed by atoms with Crippen molar-refractivity contribution in [3.05, 3.63) is 147 Å². The minimum atomic E-state index is -1.01. The summed E-state index contributed by atoms with van der Waals surface area (Å²) in [4.78, 5) is 41.7. The molecule has 3 heterocycles. The number of aromatic nitrogens is 1. The summed E-state index contributed by atoms with van der Waals surface area (Å²) in [5, 5.41) is 38.5. The Morgan fingerprint density at radius 2 is 1.52 bits per heavy atom. The van der Waals surface area contributed by atoms with E-state index in [1.165, 1.54) is 0 Å². The van der Waals surface area contributed by atoms with Gasteiger partial charge in [0.15, 0.2) is 17.3 Å². The van der Waals surface area contributed by atoms with Crippen LogP contribution in [0.5, 0.6) is 0 Å². The van der Waals surface area contributed by atoms with Gasteiger partial charge >= 0.3 is 5.97 Å². The van der Waals surface area contributed by atoms with E-state index in [4.69, 9.17) is 0 Å².